The molecule has 0 unspecified atom stereocenters. The van der Waals surface area contributed by atoms with E-state index in [1.54, 1.807) is 18.6 Å². The fourth-order valence-corrected chi connectivity index (χ4v) is 3.87. The van der Waals surface area contributed by atoms with Crippen molar-refractivity contribution in [3.63, 3.8) is 0 Å². The lowest BCUT2D eigenvalue weighted by atomic mass is 10.0. The van der Waals surface area contributed by atoms with Crippen LogP contribution in [-0.2, 0) is 13.1 Å². The van der Waals surface area contributed by atoms with Crippen LogP contribution < -0.4 is 10.6 Å². The monoisotopic (exact) mass is 465 g/mol. The smallest absolute Gasteiger partial charge is 0.184 e. The third-order valence-corrected chi connectivity index (χ3v) is 5.71. The Morgan fingerprint density at radius 1 is 1.00 bits per heavy atom. The zero-order valence-corrected chi connectivity index (χ0v) is 19.2. The van der Waals surface area contributed by atoms with Crippen molar-refractivity contribution in [3.05, 3.63) is 108 Å². The van der Waals surface area contributed by atoms with Crippen molar-refractivity contribution in [2.24, 2.45) is 0 Å². The molecule has 0 saturated heterocycles. The number of benzene rings is 1. The van der Waals surface area contributed by atoms with Crippen LogP contribution >= 0.6 is 0 Å². The van der Waals surface area contributed by atoms with Gasteiger partial charge in [-0.25, -0.2) is 14.4 Å². The Labute approximate surface area is 202 Å². The fraction of sp³-hybridized carbons (Fsp3) is 0.111. The van der Waals surface area contributed by atoms with Gasteiger partial charge >= 0.3 is 0 Å². The van der Waals surface area contributed by atoms with E-state index in [2.05, 4.69) is 54.5 Å². The summed E-state index contributed by atoms with van der Waals surface area (Å²) in [5, 5.41) is 13.8. The summed E-state index contributed by atoms with van der Waals surface area (Å²) in [6, 6.07) is 15.9. The Morgan fingerprint density at radius 2 is 1.83 bits per heavy atom. The Bertz CT molecular complexity index is 1490. The minimum absolute atomic E-state index is 0.265. The number of aromatic nitrogens is 5. The molecule has 0 aliphatic carbocycles. The van der Waals surface area contributed by atoms with E-state index in [1.807, 2.05) is 43.3 Å². The largest absolute Gasteiger partial charge is 0.339 e. The standard InChI is InChI=1S/C27H24FN7/c1-17-7-6-10-31-26(17)33-18(2)25-23-24(28)22(16-32-27(23)35-34-25)21-11-20(14-30-15-21)13-29-12-19-8-4-3-5-9-19/h3-11,14-16,29H,2,12-13H2,1H3,(H,31,33)(H,32,34,35). The van der Waals surface area contributed by atoms with Crippen LogP contribution in [-0.4, -0.2) is 25.1 Å². The normalized spacial score (nSPS) is 11.0. The quantitative estimate of drug-likeness (QED) is 0.291. The SMILES string of the molecule is C=C(Nc1ncccc1C)c1[nH]nc2ncc(-c3cncc(CNCc4ccccc4)c3)c(F)c12. The van der Waals surface area contributed by atoms with E-state index in [1.165, 1.54) is 11.8 Å². The number of pyridine rings is 3. The second-order valence-electron chi connectivity index (χ2n) is 8.23. The summed E-state index contributed by atoms with van der Waals surface area (Å²) in [6.07, 6.45) is 6.58. The van der Waals surface area contributed by atoms with Gasteiger partial charge in [-0.3, -0.25) is 10.1 Å². The Hall–Kier alpha value is -4.43. The summed E-state index contributed by atoms with van der Waals surface area (Å²) in [5.74, 6) is 0.209. The lowest BCUT2D eigenvalue weighted by Crippen LogP contribution is -2.12. The first-order chi connectivity index (χ1) is 17.1. The van der Waals surface area contributed by atoms with Gasteiger partial charge in [0.2, 0.25) is 0 Å². The summed E-state index contributed by atoms with van der Waals surface area (Å²) in [5.41, 5.74) is 5.22. The number of halogens is 1. The number of rotatable bonds is 8. The average molecular weight is 466 g/mol. The van der Waals surface area contributed by atoms with Crippen LogP contribution in [0.2, 0.25) is 0 Å². The molecule has 5 rings (SSSR count). The van der Waals surface area contributed by atoms with Crippen LogP contribution in [0.3, 0.4) is 0 Å². The number of hydrogen-bond donors (Lipinski definition) is 3. The predicted octanol–water partition coefficient (Wildman–Crippen LogP) is 5.24. The number of anilines is 1. The molecule has 0 amide bonds. The van der Waals surface area contributed by atoms with E-state index in [-0.39, 0.29) is 11.0 Å². The Kier molecular flexibility index (Phi) is 6.28. The highest BCUT2D eigenvalue weighted by Crippen LogP contribution is 2.31. The molecule has 35 heavy (non-hydrogen) atoms. The van der Waals surface area contributed by atoms with Crippen LogP contribution in [0.4, 0.5) is 10.2 Å². The molecule has 3 N–H and O–H groups in total. The first kappa shape index (κ1) is 22.4. The molecule has 1 aromatic carbocycles. The molecule has 0 aliphatic heterocycles. The highest BCUT2D eigenvalue weighted by atomic mass is 19.1. The summed E-state index contributed by atoms with van der Waals surface area (Å²) in [6.45, 7) is 7.33. The summed E-state index contributed by atoms with van der Waals surface area (Å²) >= 11 is 0. The van der Waals surface area contributed by atoms with E-state index in [0.717, 1.165) is 17.7 Å². The van der Waals surface area contributed by atoms with Crippen molar-refractivity contribution < 1.29 is 4.39 Å². The highest BCUT2D eigenvalue weighted by molar-refractivity contribution is 5.93. The van der Waals surface area contributed by atoms with E-state index in [9.17, 15) is 0 Å². The minimum atomic E-state index is -0.435. The molecule has 4 heterocycles. The van der Waals surface area contributed by atoms with E-state index in [0.29, 0.717) is 34.9 Å². The molecular formula is C27H24FN7. The average Bonchev–Trinajstić information content (AvgIpc) is 3.32. The van der Waals surface area contributed by atoms with Gasteiger partial charge in [-0.15, -0.1) is 0 Å². The van der Waals surface area contributed by atoms with Gasteiger partial charge in [-0.05, 0) is 35.7 Å². The van der Waals surface area contributed by atoms with Gasteiger partial charge in [0.15, 0.2) is 5.65 Å². The van der Waals surface area contributed by atoms with Gasteiger partial charge in [0.05, 0.1) is 16.8 Å². The van der Waals surface area contributed by atoms with Gasteiger partial charge in [0.1, 0.15) is 11.6 Å². The zero-order chi connectivity index (χ0) is 24.2. The van der Waals surface area contributed by atoms with E-state index >= 15 is 4.39 Å². The van der Waals surface area contributed by atoms with Crippen molar-refractivity contribution in [2.45, 2.75) is 20.0 Å². The van der Waals surface area contributed by atoms with Gasteiger partial charge in [0, 0.05) is 49.0 Å². The van der Waals surface area contributed by atoms with Gasteiger partial charge in [-0.2, -0.15) is 5.10 Å². The third-order valence-electron chi connectivity index (χ3n) is 5.71. The van der Waals surface area contributed by atoms with Gasteiger partial charge in [-0.1, -0.05) is 43.0 Å². The lowest BCUT2D eigenvalue weighted by molar-refractivity contribution is 0.641. The maximum atomic E-state index is 15.8. The van der Waals surface area contributed by atoms with Crippen LogP contribution in [0.1, 0.15) is 22.4 Å². The molecular weight excluding hydrogens is 441 g/mol. The highest BCUT2D eigenvalue weighted by Gasteiger charge is 2.19. The Balaban J connectivity index is 1.40. The maximum Gasteiger partial charge on any atom is 0.184 e. The van der Waals surface area contributed by atoms with Crippen molar-refractivity contribution in [2.75, 3.05) is 5.32 Å². The second kappa shape index (κ2) is 9.82. The predicted molar refractivity (Wildman–Crippen MR) is 136 cm³/mol. The van der Waals surface area contributed by atoms with Crippen LogP contribution in [0, 0.1) is 12.7 Å². The lowest BCUT2D eigenvalue weighted by Gasteiger charge is -2.11. The molecule has 0 aliphatic rings. The summed E-state index contributed by atoms with van der Waals surface area (Å²) in [4.78, 5) is 13.0. The zero-order valence-electron chi connectivity index (χ0n) is 19.2. The molecule has 0 atom stereocenters. The molecule has 5 aromatic rings. The van der Waals surface area contributed by atoms with Crippen LogP contribution in [0.25, 0.3) is 27.9 Å². The third kappa shape index (κ3) is 4.78. The van der Waals surface area contributed by atoms with Crippen LogP contribution in [0.15, 0.2) is 79.9 Å². The molecule has 0 spiro atoms. The van der Waals surface area contributed by atoms with Crippen molar-refractivity contribution >= 4 is 22.5 Å². The van der Waals surface area contributed by atoms with Crippen molar-refractivity contribution in [3.8, 4) is 11.1 Å². The number of nitrogens with zero attached hydrogens (tertiary/aromatic N) is 4. The molecule has 7 nitrogen and oxygen atoms in total. The van der Waals surface area contributed by atoms with Gasteiger partial charge < -0.3 is 10.6 Å². The minimum Gasteiger partial charge on any atom is -0.339 e. The summed E-state index contributed by atoms with van der Waals surface area (Å²) in [7, 11) is 0. The topological polar surface area (TPSA) is 91.4 Å². The molecule has 174 valence electrons. The fourth-order valence-electron chi connectivity index (χ4n) is 3.87. The number of fused-ring (bicyclic) bond motifs is 1. The first-order valence-electron chi connectivity index (χ1n) is 11.2. The number of aryl methyl sites for hydroxylation is 1. The molecule has 0 fully saturated rings. The first-order valence-corrected chi connectivity index (χ1v) is 11.2. The Morgan fingerprint density at radius 3 is 2.66 bits per heavy atom. The van der Waals surface area contributed by atoms with Gasteiger partial charge in [0.25, 0.3) is 0 Å². The van der Waals surface area contributed by atoms with Crippen LogP contribution in [0.5, 0.6) is 0 Å². The number of aromatic amines is 1. The summed E-state index contributed by atoms with van der Waals surface area (Å²) < 4.78 is 15.8. The van der Waals surface area contributed by atoms with Crippen molar-refractivity contribution in [1.29, 1.82) is 0 Å². The maximum absolute atomic E-state index is 15.8. The number of hydrogen-bond acceptors (Lipinski definition) is 6. The molecule has 0 radical (unpaired) electrons. The van der Waals surface area contributed by atoms with Crippen molar-refractivity contribution in [1.82, 2.24) is 30.5 Å². The molecule has 4 aromatic heterocycles. The number of nitrogens with one attached hydrogen (secondary N) is 3. The molecule has 0 bridgehead atoms. The molecule has 8 heteroatoms. The second-order valence-corrected chi connectivity index (χ2v) is 8.23. The van der Waals surface area contributed by atoms with E-state index < -0.39 is 5.82 Å². The number of H-pyrrole nitrogens is 1. The molecule has 0 saturated carbocycles. The van der Waals surface area contributed by atoms with E-state index in [4.69, 9.17) is 0 Å².